The van der Waals surface area contributed by atoms with E-state index in [9.17, 15) is 24.9 Å². The zero-order valence-corrected chi connectivity index (χ0v) is 15.8. The molecule has 5 N–H and O–H groups in total. The van der Waals surface area contributed by atoms with E-state index in [1.165, 1.54) is 30.4 Å². The summed E-state index contributed by atoms with van der Waals surface area (Å²) in [6.07, 6.45) is 7.41. The normalized spacial score (nSPS) is 11.0. The second kappa shape index (κ2) is 11.2. The number of phenolic OH excluding ortho intramolecular Hbond substituents is 3. The number of unbranched alkanes of at least 4 members (excludes halogenated alkanes) is 1. The number of phenols is 3. The predicted molar refractivity (Wildman–Crippen MR) is 111 cm³/mol. The third kappa shape index (κ3) is 8.21. The highest BCUT2D eigenvalue weighted by atomic mass is 16.3. The van der Waals surface area contributed by atoms with Crippen LogP contribution in [0.3, 0.4) is 0 Å². The van der Waals surface area contributed by atoms with Gasteiger partial charge in [0.2, 0.25) is 11.8 Å². The lowest BCUT2D eigenvalue weighted by Crippen LogP contribution is -2.25. The van der Waals surface area contributed by atoms with Crippen LogP contribution in [0.1, 0.15) is 24.0 Å². The lowest BCUT2D eigenvalue weighted by atomic mass is 10.2. The van der Waals surface area contributed by atoms with Gasteiger partial charge in [0.25, 0.3) is 0 Å². The molecule has 0 aliphatic carbocycles. The number of carbonyl (C=O) groups is 2. The summed E-state index contributed by atoms with van der Waals surface area (Å²) in [4.78, 5) is 23.5. The number of amides is 2. The second-order valence-corrected chi connectivity index (χ2v) is 6.30. The number of hydrogen-bond donors (Lipinski definition) is 5. The molecule has 2 rings (SSSR count). The molecule has 0 atom stereocenters. The van der Waals surface area contributed by atoms with Crippen molar-refractivity contribution in [3.63, 3.8) is 0 Å². The minimum Gasteiger partial charge on any atom is -0.508 e. The van der Waals surface area contributed by atoms with Gasteiger partial charge in [0.1, 0.15) is 5.75 Å². The maximum atomic E-state index is 11.7. The molecule has 0 bridgehead atoms. The monoisotopic (exact) mass is 396 g/mol. The number of carbonyl (C=O) groups excluding carboxylic acids is 2. The first-order valence-electron chi connectivity index (χ1n) is 9.17. The zero-order chi connectivity index (χ0) is 21.1. The van der Waals surface area contributed by atoms with Gasteiger partial charge in [0.15, 0.2) is 11.5 Å². The first-order chi connectivity index (χ1) is 13.9. The van der Waals surface area contributed by atoms with Crippen LogP contribution in [-0.2, 0) is 9.59 Å². The lowest BCUT2D eigenvalue weighted by Gasteiger charge is -2.04. The second-order valence-electron chi connectivity index (χ2n) is 6.30. The summed E-state index contributed by atoms with van der Waals surface area (Å²) in [6.45, 7) is 0.973. The maximum Gasteiger partial charge on any atom is 0.243 e. The minimum atomic E-state index is -0.265. The molecule has 0 saturated carbocycles. The van der Waals surface area contributed by atoms with Crippen molar-refractivity contribution >= 4 is 24.0 Å². The molecule has 29 heavy (non-hydrogen) atoms. The van der Waals surface area contributed by atoms with Crippen molar-refractivity contribution in [2.24, 2.45) is 0 Å². The Morgan fingerprint density at radius 2 is 1.24 bits per heavy atom. The lowest BCUT2D eigenvalue weighted by molar-refractivity contribution is -0.117. The number of hydrogen-bond acceptors (Lipinski definition) is 5. The molecule has 0 aliphatic heterocycles. The Bertz CT molecular complexity index is 889. The Kier molecular flexibility index (Phi) is 8.31. The molecule has 0 unspecified atom stereocenters. The molecule has 2 amide bonds. The van der Waals surface area contributed by atoms with Crippen LogP contribution < -0.4 is 10.6 Å². The highest BCUT2D eigenvalue weighted by Crippen LogP contribution is 2.25. The fourth-order valence-electron chi connectivity index (χ4n) is 2.36. The van der Waals surface area contributed by atoms with Crippen molar-refractivity contribution in [3.05, 3.63) is 65.7 Å². The molecule has 0 aromatic heterocycles. The molecule has 0 heterocycles. The molecule has 0 saturated heterocycles. The van der Waals surface area contributed by atoms with E-state index >= 15 is 0 Å². The van der Waals surface area contributed by atoms with E-state index in [-0.39, 0.29) is 29.1 Å². The fraction of sp³-hybridized carbons (Fsp3) is 0.182. The van der Waals surface area contributed by atoms with E-state index in [4.69, 9.17) is 0 Å². The summed E-state index contributed by atoms with van der Waals surface area (Å²) >= 11 is 0. The molecular formula is C22H24N2O5. The number of aromatic hydroxyl groups is 3. The first kappa shape index (κ1) is 21.6. The summed E-state index contributed by atoms with van der Waals surface area (Å²) < 4.78 is 0. The minimum absolute atomic E-state index is 0.175. The first-order valence-corrected chi connectivity index (χ1v) is 9.17. The third-order valence-corrected chi connectivity index (χ3v) is 3.95. The Morgan fingerprint density at radius 3 is 1.79 bits per heavy atom. The Hall–Kier alpha value is -3.74. The van der Waals surface area contributed by atoms with Gasteiger partial charge in [0, 0.05) is 25.2 Å². The quantitative estimate of drug-likeness (QED) is 0.254. The van der Waals surface area contributed by atoms with Crippen LogP contribution in [-0.4, -0.2) is 40.2 Å². The van der Waals surface area contributed by atoms with E-state index in [1.54, 1.807) is 36.4 Å². The van der Waals surface area contributed by atoms with E-state index in [1.807, 2.05) is 0 Å². The molecule has 0 fully saturated rings. The van der Waals surface area contributed by atoms with Crippen LogP contribution in [0, 0.1) is 0 Å². The van der Waals surface area contributed by atoms with Crippen LogP contribution in [0.15, 0.2) is 54.6 Å². The Labute approximate surface area is 169 Å². The standard InChI is InChI=1S/C22H24N2O5/c25-18-8-3-16(4-9-18)6-11-21(28)23-13-1-2-14-24-22(29)12-7-17-5-10-19(26)20(27)15-17/h3-12,15,25-27H,1-2,13-14H2,(H,23,28)(H,24,29)/b11-6+,12-7-. The highest BCUT2D eigenvalue weighted by molar-refractivity contribution is 5.92. The van der Waals surface area contributed by atoms with Gasteiger partial charge in [-0.05, 0) is 60.4 Å². The fourth-order valence-corrected chi connectivity index (χ4v) is 2.36. The van der Waals surface area contributed by atoms with Gasteiger partial charge in [-0.25, -0.2) is 0 Å². The van der Waals surface area contributed by atoms with Gasteiger partial charge in [-0.3, -0.25) is 9.59 Å². The molecule has 0 spiro atoms. The van der Waals surface area contributed by atoms with Crippen molar-refractivity contribution in [3.8, 4) is 17.2 Å². The van der Waals surface area contributed by atoms with Crippen LogP contribution in [0.4, 0.5) is 0 Å². The number of rotatable bonds is 9. The van der Waals surface area contributed by atoms with Crippen molar-refractivity contribution in [2.75, 3.05) is 13.1 Å². The summed E-state index contributed by atoms with van der Waals surface area (Å²) in [5, 5.41) is 33.3. The van der Waals surface area contributed by atoms with Gasteiger partial charge >= 0.3 is 0 Å². The highest BCUT2D eigenvalue weighted by Gasteiger charge is 2.00. The summed E-state index contributed by atoms with van der Waals surface area (Å²) in [5.41, 5.74) is 1.41. The zero-order valence-electron chi connectivity index (χ0n) is 15.8. The van der Waals surface area contributed by atoms with Gasteiger partial charge < -0.3 is 26.0 Å². The largest absolute Gasteiger partial charge is 0.508 e. The molecule has 0 aliphatic rings. The van der Waals surface area contributed by atoms with Crippen LogP contribution in [0.5, 0.6) is 17.2 Å². The van der Waals surface area contributed by atoms with Crippen LogP contribution in [0.25, 0.3) is 12.2 Å². The van der Waals surface area contributed by atoms with E-state index in [0.29, 0.717) is 31.5 Å². The van der Waals surface area contributed by atoms with Crippen LogP contribution in [0.2, 0.25) is 0 Å². The summed E-state index contributed by atoms with van der Waals surface area (Å²) in [5.74, 6) is -0.753. The number of nitrogens with one attached hydrogen (secondary N) is 2. The predicted octanol–water partition coefficient (Wildman–Crippen LogP) is 2.54. The smallest absolute Gasteiger partial charge is 0.243 e. The van der Waals surface area contributed by atoms with Gasteiger partial charge in [-0.1, -0.05) is 18.2 Å². The van der Waals surface area contributed by atoms with Crippen LogP contribution >= 0.6 is 0 Å². The molecule has 152 valence electrons. The summed E-state index contributed by atoms with van der Waals surface area (Å²) in [7, 11) is 0. The molecule has 7 nitrogen and oxygen atoms in total. The van der Waals surface area contributed by atoms with E-state index in [0.717, 1.165) is 5.56 Å². The van der Waals surface area contributed by atoms with Gasteiger partial charge in [-0.15, -0.1) is 0 Å². The summed E-state index contributed by atoms with van der Waals surface area (Å²) in [6, 6.07) is 10.8. The average Bonchev–Trinajstić information content (AvgIpc) is 2.71. The molecule has 0 radical (unpaired) electrons. The van der Waals surface area contributed by atoms with E-state index in [2.05, 4.69) is 10.6 Å². The van der Waals surface area contributed by atoms with E-state index < -0.39 is 0 Å². The average molecular weight is 396 g/mol. The Balaban J connectivity index is 1.58. The van der Waals surface area contributed by atoms with Gasteiger partial charge in [0.05, 0.1) is 0 Å². The van der Waals surface area contributed by atoms with Gasteiger partial charge in [-0.2, -0.15) is 0 Å². The SMILES string of the molecule is O=C(/C=C\c1ccc(O)c(O)c1)NCCCCNC(=O)/C=C/c1ccc(O)cc1. The molecule has 2 aromatic carbocycles. The Morgan fingerprint density at radius 1 is 0.724 bits per heavy atom. The molecular weight excluding hydrogens is 372 g/mol. The van der Waals surface area contributed by atoms with Crippen molar-refractivity contribution < 1.29 is 24.9 Å². The van der Waals surface area contributed by atoms with Crippen molar-refractivity contribution in [2.45, 2.75) is 12.8 Å². The third-order valence-electron chi connectivity index (χ3n) is 3.95. The molecule has 2 aromatic rings. The maximum absolute atomic E-state index is 11.7. The van der Waals surface area contributed by atoms with Crippen molar-refractivity contribution in [1.82, 2.24) is 10.6 Å². The van der Waals surface area contributed by atoms with Crippen molar-refractivity contribution in [1.29, 1.82) is 0 Å². The molecule has 7 heteroatoms. The number of benzene rings is 2. The topological polar surface area (TPSA) is 119 Å².